The van der Waals surface area contributed by atoms with Gasteiger partial charge in [0.15, 0.2) is 0 Å². The normalized spacial score (nSPS) is 11.5. The van der Waals surface area contributed by atoms with Gasteiger partial charge in [-0.15, -0.1) is 0 Å². The van der Waals surface area contributed by atoms with Crippen molar-refractivity contribution in [3.05, 3.63) is 102 Å². The Morgan fingerprint density at radius 2 is 1.85 bits per heavy atom. The highest BCUT2D eigenvalue weighted by molar-refractivity contribution is 5.94. The van der Waals surface area contributed by atoms with Crippen LogP contribution in [-0.4, -0.2) is 27.0 Å². The van der Waals surface area contributed by atoms with Crippen LogP contribution in [0, 0.1) is 11.3 Å². The van der Waals surface area contributed by atoms with E-state index in [4.69, 9.17) is 5.26 Å². The SMILES string of the molecule is Cn1cnc(-c2ccc(NC(=O)[C@H](NCCc3ccc(C#N)cc3)c3ccccc3)nc2)c1. The summed E-state index contributed by atoms with van der Waals surface area (Å²) < 4.78 is 1.87. The number of carbonyl (C=O) groups excluding carboxylic acids is 1. The standard InChI is InChI=1S/C26H24N6O/c1-32-17-23(30-18-32)22-11-12-24(29-16-22)31-26(33)25(21-5-3-2-4-6-21)28-14-13-19-7-9-20(15-27)10-8-19/h2-12,16-18,25,28H,13-14H2,1H3,(H,29,31,33)/t25-/m1/s1. The lowest BCUT2D eigenvalue weighted by atomic mass is 10.1. The van der Waals surface area contributed by atoms with Crippen LogP contribution in [0.4, 0.5) is 5.82 Å². The quantitative estimate of drug-likeness (QED) is 0.437. The molecule has 1 amide bonds. The maximum Gasteiger partial charge on any atom is 0.247 e. The van der Waals surface area contributed by atoms with Gasteiger partial charge in [0.2, 0.25) is 5.91 Å². The Morgan fingerprint density at radius 3 is 2.48 bits per heavy atom. The van der Waals surface area contributed by atoms with Gasteiger partial charge in [0.1, 0.15) is 11.9 Å². The smallest absolute Gasteiger partial charge is 0.247 e. The molecule has 0 aliphatic carbocycles. The highest BCUT2D eigenvalue weighted by Crippen LogP contribution is 2.19. The van der Waals surface area contributed by atoms with Crippen molar-refractivity contribution in [2.75, 3.05) is 11.9 Å². The first-order chi connectivity index (χ1) is 16.1. The lowest BCUT2D eigenvalue weighted by Crippen LogP contribution is -2.34. The molecule has 2 heterocycles. The van der Waals surface area contributed by atoms with Gasteiger partial charge in [-0.2, -0.15) is 5.26 Å². The summed E-state index contributed by atoms with van der Waals surface area (Å²) in [5, 5.41) is 15.2. The van der Waals surface area contributed by atoms with E-state index in [0.717, 1.165) is 28.8 Å². The average Bonchev–Trinajstić information content (AvgIpc) is 3.29. The van der Waals surface area contributed by atoms with E-state index in [0.29, 0.717) is 17.9 Å². The van der Waals surface area contributed by atoms with E-state index in [1.807, 2.05) is 66.3 Å². The van der Waals surface area contributed by atoms with Crippen LogP contribution in [0.5, 0.6) is 0 Å². The van der Waals surface area contributed by atoms with Crippen molar-refractivity contribution in [2.45, 2.75) is 12.5 Å². The number of carbonyl (C=O) groups is 1. The van der Waals surface area contributed by atoms with Gasteiger partial charge in [-0.05, 0) is 41.8 Å². The topological polar surface area (TPSA) is 95.6 Å². The van der Waals surface area contributed by atoms with E-state index in [-0.39, 0.29) is 5.91 Å². The zero-order chi connectivity index (χ0) is 23.0. The van der Waals surface area contributed by atoms with E-state index in [9.17, 15) is 4.79 Å². The van der Waals surface area contributed by atoms with Crippen LogP contribution in [0.25, 0.3) is 11.3 Å². The van der Waals surface area contributed by atoms with Gasteiger partial charge in [0.05, 0.1) is 23.7 Å². The van der Waals surface area contributed by atoms with Gasteiger partial charge in [-0.1, -0.05) is 42.5 Å². The largest absolute Gasteiger partial charge is 0.340 e. The molecule has 0 unspecified atom stereocenters. The maximum absolute atomic E-state index is 13.1. The third kappa shape index (κ3) is 5.70. The van der Waals surface area contributed by atoms with Gasteiger partial charge in [-0.3, -0.25) is 4.79 Å². The lowest BCUT2D eigenvalue weighted by molar-refractivity contribution is -0.118. The number of nitriles is 1. The summed E-state index contributed by atoms with van der Waals surface area (Å²) in [4.78, 5) is 21.8. The number of aryl methyl sites for hydroxylation is 1. The lowest BCUT2D eigenvalue weighted by Gasteiger charge is -2.19. The van der Waals surface area contributed by atoms with Crippen molar-refractivity contribution in [1.29, 1.82) is 5.26 Å². The molecule has 0 aliphatic heterocycles. The third-order valence-electron chi connectivity index (χ3n) is 5.26. The molecular weight excluding hydrogens is 412 g/mol. The second kappa shape index (κ2) is 10.4. The zero-order valence-corrected chi connectivity index (χ0v) is 18.3. The minimum Gasteiger partial charge on any atom is -0.340 e. The number of imidazole rings is 1. The summed E-state index contributed by atoms with van der Waals surface area (Å²) in [6, 6.07) is 22.3. The Morgan fingerprint density at radius 1 is 1.06 bits per heavy atom. The van der Waals surface area contributed by atoms with Crippen LogP contribution in [-0.2, 0) is 18.3 Å². The molecule has 2 aromatic heterocycles. The number of benzene rings is 2. The van der Waals surface area contributed by atoms with Crippen molar-refractivity contribution < 1.29 is 4.79 Å². The van der Waals surface area contributed by atoms with Crippen LogP contribution >= 0.6 is 0 Å². The Bertz CT molecular complexity index is 1240. The second-order valence-electron chi connectivity index (χ2n) is 7.70. The molecule has 2 N–H and O–H groups in total. The summed E-state index contributed by atoms with van der Waals surface area (Å²) in [6.45, 7) is 0.602. The van der Waals surface area contributed by atoms with Crippen molar-refractivity contribution in [1.82, 2.24) is 19.9 Å². The number of aromatic nitrogens is 3. The first kappa shape index (κ1) is 21.9. The number of anilines is 1. The fourth-order valence-corrected chi connectivity index (χ4v) is 3.49. The van der Waals surface area contributed by atoms with Crippen molar-refractivity contribution in [3.63, 3.8) is 0 Å². The van der Waals surface area contributed by atoms with E-state index in [1.54, 1.807) is 30.7 Å². The van der Waals surface area contributed by atoms with Crippen LogP contribution in [0.15, 0.2) is 85.5 Å². The zero-order valence-electron chi connectivity index (χ0n) is 18.3. The molecule has 0 fully saturated rings. The Hall–Kier alpha value is -4.28. The van der Waals surface area contributed by atoms with E-state index < -0.39 is 6.04 Å². The minimum atomic E-state index is -0.526. The third-order valence-corrected chi connectivity index (χ3v) is 5.26. The van der Waals surface area contributed by atoms with E-state index >= 15 is 0 Å². The van der Waals surface area contributed by atoms with E-state index in [2.05, 4.69) is 26.7 Å². The summed E-state index contributed by atoms with van der Waals surface area (Å²) in [5.41, 5.74) is 4.32. The molecule has 33 heavy (non-hydrogen) atoms. The molecule has 2 aromatic carbocycles. The molecule has 0 spiro atoms. The molecule has 4 rings (SSSR count). The fraction of sp³-hybridized carbons (Fsp3) is 0.154. The Labute approximate surface area is 192 Å². The predicted molar refractivity (Wildman–Crippen MR) is 127 cm³/mol. The van der Waals surface area contributed by atoms with Crippen molar-refractivity contribution in [3.8, 4) is 17.3 Å². The van der Waals surface area contributed by atoms with Crippen LogP contribution in [0.1, 0.15) is 22.7 Å². The summed E-state index contributed by atoms with van der Waals surface area (Å²) in [5.74, 6) is 0.300. The second-order valence-corrected chi connectivity index (χ2v) is 7.70. The number of hydrogen-bond acceptors (Lipinski definition) is 5. The molecule has 0 saturated heterocycles. The van der Waals surface area contributed by atoms with Crippen molar-refractivity contribution in [2.24, 2.45) is 7.05 Å². The molecule has 0 radical (unpaired) electrons. The molecule has 164 valence electrons. The molecule has 1 atom stereocenters. The number of rotatable bonds is 8. The van der Waals surface area contributed by atoms with Gasteiger partial charge in [0, 0.05) is 31.5 Å². The van der Waals surface area contributed by atoms with Gasteiger partial charge >= 0.3 is 0 Å². The monoisotopic (exact) mass is 436 g/mol. The van der Waals surface area contributed by atoms with Gasteiger partial charge in [-0.25, -0.2) is 9.97 Å². The molecule has 4 aromatic rings. The van der Waals surface area contributed by atoms with Crippen molar-refractivity contribution >= 4 is 11.7 Å². The molecule has 0 saturated carbocycles. The highest BCUT2D eigenvalue weighted by atomic mass is 16.2. The minimum absolute atomic E-state index is 0.181. The number of nitrogens with one attached hydrogen (secondary N) is 2. The van der Waals surface area contributed by atoms with Crippen LogP contribution < -0.4 is 10.6 Å². The van der Waals surface area contributed by atoms with Gasteiger partial charge < -0.3 is 15.2 Å². The molecule has 0 bridgehead atoms. The first-order valence-electron chi connectivity index (χ1n) is 10.6. The van der Waals surface area contributed by atoms with E-state index in [1.165, 1.54) is 0 Å². The summed E-state index contributed by atoms with van der Waals surface area (Å²) >= 11 is 0. The van der Waals surface area contributed by atoms with Crippen LogP contribution in [0.2, 0.25) is 0 Å². The molecule has 7 nitrogen and oxygen atoms in total. The fourth-order valence-electron chi connectivity index (χ4n) is 3.49. The number of amides is 1. The molecule has 7 heteroatoms. The Balaban J connectivity index is 1.42. The average molecular weight is 437 g/mol. The molecular formula is C26H24N6O. The predicted octanol–water partition coefficient (Wildman–Crippen LogP) is 3.87. The molecule has 0 aliphatic rings. The number of pyridine rings is 1. The highest BCUT2D eigenvalue weighted by Gasteiger charge is 2.20. The first-order valence-corrected chi connectivity index (χ1v) is 10.6. The van der Waals surface area contributed by atoms with Crippen LogP contribution in [0.3, 0.4) is 0 Å². The van der Waals surface area contributed by atoms with Gasteiger partial charge in [0.25, 0.3) is 0 Å². The Kier molecular flexibility index (Phi) is 6.88. The maximum atomic E-state index is 13.1. The summed E-state index contributed by atoms with van der Waals surface area (Å²) in [7, 11) is 1.91. The summed E-state index contributed by atoms with van der Waals surface area (Å²) in [6.07, 6.45) is 6.09. The number of nitrogens with zero attached hydrogens (tertiary/aromatic N) is 4. The number of hydrogen-bond donors (Lipinski definition) is 2.